The van der Waals surface area contributed by atoms with Gasteiger partial charge in [-0.1, -0.05) is 43.2 Å². The van der Waals surface area contributed by atoms with Crippen LogP contribution in [0.15, 0.2) is 37.0 Å². The lowest BCUT2D eigenvalue weighted by molar-refractivity contribution is -0.122. The lowest BCUT2D eigenvalue weighted by Gasteiger charge is -2.23. The summed E-state index contributed by atoms with van der Waals surface area (Å²) in [5.41, 5.74) is -0.945. The number of carbonyl (C=O) groups excluding carboxylic acids is 2. The Morgan fingerprint density at radius 2 is 2.03 bits per heavy atom. The van der Waals surface area contributed by atoms with Gasteiger partial charge in [0.05, 0.1) is 11.7 Å². The summed E-state index contributed by atoms with van der Waals surface area (Å²) in [5.74, 6) is 0.339. The summed E-state index contributed by atoms with van der Waals surface area (Å²) >= 11 is 0. The van der Waals surface area contributed by atoms with Crippen LogP contribution in [0.3, 0.4) is 0 Å². The van der Waals surface area contributed by atoms with Crippen LogP contribution in [0.1, 0.15) is 77.6 Å². The first-order chi connectivity index (χ1) is 14.3. The van der Waals surface area contributed by atoms with E-state index in [1.807, 2.05) is 18.2 Å². The van der Waals surface area contributed by atoms with Crippen LogP contribution in [0.2, 0.25) is 0 Å². The molecule has 0 bridgehead atoms. The minimum atomic E-state index is -0.945. The van der Waals surface area contributed by atoms with Gasteiger partial charge in [0.15, 0.2) is 5.78 Å². The first kappa shape index (κ1) is 26.5. The molecule has 1 rings (SSSR count). The number of unbranched alkanes of at least 4 members (excludes halogenated alkanes) is 2. The number of Topliss-reactive ketones (excluding diaryl/α,β-unsaturated/α-hetero) is 2. The third-order valence-corrected chi connectivity index (χ3v) is 5.93. The third kappa shape index (κ3) is 10.5. The van der Waals surface area contributed by atoms with E-state index in [0.717, 1.165) is 38.5 Å². The van der Waals surface area contributed by atoms with Crippen molar-refractivity contribution >= 4 is 11.6 Å². The van der Waals surface area contributed by atoms with Crippen LogP contribution in [0.5, 0.6) is 0 Å². The van der Waals surface area contributed by atoms with Crippen molar-refractivity contribution in [3.63, 3.8) is 0 Å². The molecular weight excluding hydrogens is 380 g/mol. The summed E-state index contributed by atoms with van der Waals surface area (Å²) in [5, 5.41) is 28.8. The van der Waals surface area contributed by atoms with E-state index in [4.69, 9.17) is 5.11 Å². The van der Waals surface area contributed by atoms with Crippen LogP contribution < -0.4 is 0 Å². The molecular formula is C25H40O5. The highest BCUT2D eigenvalue weighted by Gasteiger charge is 2.32. The van der Waals surface area contributed by atoms with E-state index >= 15 is 0 Å². The number of rotatable bonds is 16. The molecule has 1 aliphatic rings. The standard InChI is InChI=1S/C25H40O5/c1-3-25(30,17-9-8-11-20(2)27)18-10-12-21-15-16-24(29)23(21)14-7-5-4-6-13-22(28)19-26/h3,5,7,10,12,20-21,23,26-27,30H,1,4,6,8-9,11,13-19H2,2H3/t20?,21-,23+,25?/m0/s1. The van der Waals surface area contributed by atoms with E-state index in [2.05, 4.69) is 12.7 Å². The highest BCUT2D eigenvalue weighted by atomic mass is 16.3. The zero-order valence-corrected chi connectivity index (χ0v) is 18.5. The van der Waals surface area contributed by atoms with Gasteiger partial charge in [-0.05, 0) is 57.8 Å². The van der Waals surface area contributed by atoms with Crippen molar-refractivity contribution in [1.29, 1.82) is 0 Å². The molecule has 0 aromatic rings. The average molecular weight is 421 g/mol. The molecule has 1 fully saturated rings. The fourth-order valence-electron chi connectivity index (χ4n) is 3.93. The summed E-state index contributed by atoms with van der Waals surface area (Å²) in [6.07, 6.45) is 17.0. The zero-order chi connectivity index (χ0) is 22.4. The van der Waals surface area contributed by atoms with Crippen molar-refractivity contribution in [2.75, 3.05) is 6.61 Å². The highest BCUT2D eigenvalue weighted by molar-refractivity contribution is 5.83. The summed E-state index contributed by atoms with van der Waals surface area (Å²) in [7, 11) is 0. The van der Waals surface area contributed by atoms with Gasteiger partial charge < -0.3 is 15.3 Å². The molecule has 5 heteroatoms. The molecule has 5 nitrogen and oxygen atoms in total. The maximum absolute atomic E-state index is 12.3. The predicted octanol–water partition coefficient (Wildman–Crippen LogP) is 4.06. The van der Waals surface area contributed by atoms with Crippen molar-refractivity contribution in [3.05, 3.63) is 37.0 Å². The Balaban J connectivity index is 2.45. The smallest absolute Gasteiger partial charge is 0.158 e. The first-order valence-corrected chi connectivity index (χ1v) is 11.3. The van der Waals surface area contributed by atoms with Crippen LogP contribution >= 0.6 is 0 Å². The van der Waals surface area contributed by atoms with E-state index in [0.29, 0.717) is 37.9 Å². The fraction of sp³-hybridized carbons (Fsp3) is 0.680. The zero-order valence-electron chi connectivity index (χ0n) is 18.5. The minimum Gasteiger partial charge on any atom is -0.393 e. The van der Waals surface area contributed by atoms with E-state index < -0.39 is 12.2 Å². The lowest BCUT2D eigenvalue weighted by atomic mass is 9.88. The summed E-state index contributed by atoms with van der Waals surface area (Å²) < 4.78 is 0. The number of hydrogen-bond donors (Lipinski definition) is 3. The van der Waals surface area contributed by atoms with E-state index in [9.17, 15) is 19.8 Å². The summed E-state index contributed by atoms with van der Waals surface area (Å²) in [6.45, 7) is 5.16. The second-order valence-electron chi connectivity index (χ2n) is 8.61. The van der Waals surface area contributed by atoms with Gasteiger partial charge in [-0.15, -0.1) is 6.58 Å². The molecule has 0 heterocycles. The molecule has 1 saturated carbocycles. The summed E-state index contributed by atoms with van der Waals surface area (Å²) in [6, 6.07) is 0. The van der Waals surface area contributed by atoms with Gasteiger partial charge >= 0.3 is 0 Å². The number of aliphatic hydroxyl groups excluding tert-OH is 2. The topological polar surface area (TPSA) is 94.8 Å². The van der Waals surface area contributed by atoms with Crippen molar-refractivity contribution in [2.24, 2.45) is 11.8 Å². The van der Waals surface area contributed by atoms with Crippen molar-refractivity contribution in [1.82, 2.24) is 0 Å². The fourth-order valence-corrected chi connectivity index (χ4v) is 3.93. The molecule has 0 spiro atoms. The molecule has 170 valence electrons. The van der Waals surface area contributed by atoms with E-state index in [-0.39, 0.29) is 23.7 Å². The lowest BCUT2D eigenvalue weighted by Crippen LogP contribution is -2.24. The van der Waals surface area contributed by atoms with Gasteiger partial charge in [-0.3, -0.25) is 9.59 Å². The molecule has 0 aliphatic heterocycles. The van der Waals surface area contributed by atoms with Crippen LogP contribution in [-0.2, 0) is 9.59 Å². The Labute approximate surface area is 181 Å². The molecule has 0 aromatic heterocycles. The molecule has 2 unspecified atom stereocenters. The van der Waals surface area contributed by atoms with E-state index in [1.54, 1.807) is 13.0 Å². The van der Waals surface area contributed by atoms with Gasteiger partial charge in [-0.25, -0.2) is 0 Å². The maximum atomic E-state index is 12.3. The van der Waals surface area contributed by atoms with Crippen LogP contribution in [0.25, 0.3) is 0 Å². The predicted molar refractivity (Wildman–Crippen MR) is 120 cm³/mol. The number of ketones is 2. The Morgan fingerprint density at radius 3 is 2.70 bits per heavy atom. The average Bonchev–Trinajstić information content (AvgIpc) is 3.07. The van der Waals surface area contributed by atoms with Crippen LogP contribution in [-0.4, -0.2) is 45.2 Å². The molecule has 0 aromatic carbocycles. The number of carbonyl (C=O) groups is 2. The molecule has 1 aliphatic carbocycles. The number of hydrogen-bond acceptors (Lipinski definition) is 5. The SMILES string of the molecule is C=CC(O)(CC=C[C@H]1CCC(=O)[C@@H]1CC=CCCCC(=O)CO)CCCCC(C)O. The largest absolute Gasteiger partial charge is 0.393 e. The Bertz CT molecular complexity index is 592. The van der Waals surface area contributed by atoms with Crippen molar-refractivity contribution in [2.45, 2.75) is 89.3 Å². The first-order valence-electron chi connectivity index (χ1n) is 11.3. The van der Waals surface area contributed by atoms with Gasteiger partial charge in [0.1, 0.15) is 12.4 Å². The summed E-state index contributed by atoms with van der Waals surface area (Å²) in [4.78, 5) is 23.3. The Morgan fingerprint density at radius 1 is 1.27 bits per heavy atom. The second-order valence-corrected chi connectivity index (χ2v) is 8.61. The molecule has 30 heavy (non-hydrogen) atoms. The number of aliphatic hydroxyl groups is 3. The molecule has 0 saturated heterocycles. The second kappa shape index (κ2) is 14.4. The number of allylic oxidation sites excluding steroid dienone is 3. The van der Waals surface area contributed by atoms with Gasteiger partial charge in [0, 0.05) is 18.8 Å². The molecule has 0 amide bonds. The monoisotopic (exact) mass is 420 g/mol. The van der Waals surface area contributed by atoms with Crippen LogP contribution in [0, 0.1) is 11.8 Å². The maximum Gasteiger partial charge on any atom is 0.158 e. The quantitative estimate of drug-likeness (QED) is 0.258. The van der Waals surface area contributed by atoms with Gasteiger partial charge in [0.25, 0.3) is 0 Å². The van der Waals surface area contributed by atoms with Crippen molar-refractivity contribution in [3.8, 4) is 0 Å². The third-order valence-electron chi connectivity index (χ3n) is 5.93. The molecule has 0 radical (unpaired) electrons. The Hall–Kier alpha value is -1.56. The van der Waals surface area contributed by atoms with Crippen LogP contribution in [0.4, 0.5) is 0 Å². The van der Waals surface area contributed by atoms with Gasteiger partial charge in [-0.2, -0.15) is 0 Å². The van der Waals surface area contributed by atoms with Gasteiger partial charge in [0.2, 0.25) is 0 Å². The molecule has 4 atom stereocenters. The minimum absolute atomic E-state index is 0.0144. The Kier molecular flexibility index (Phi) is 12.7. The van der Waals surface area contributed by atoms with E-state index in [1.165, 1.54) is 0 Å². The normalized spacial score (nSPS) is 22.6. The highest BCUT2D eigenvalue weighted by Crippen LogP contribution is 2.33. The molecule has 3 N–H and O–H groups in total. The van der Waals surface area contributed by atoms with Crippen molar-refractivity contribution < 1.29 is 24.9 Å².